The van der Waals surface area contributed by atoms with E-state index in [1.165, 1.54) is 5.56 Å². The molecular formula is C20H23ClN2O2. The number of rotatable bonds is 7. The minimum Gasteiger partial charge on any atom is -0.352 e. The summed E-state index contributed by atoms with van der Waals surface area (Å²) in [5.74, 6) is -0.0848. The zero-order chi connectivity index (χ0) is 18.2. The van der Waals surface area contributed by atoms with Crippen molar-refractivity contribution in [3.05, 3.63) is 70.2 Å². The van der Waals surface area contributed by atoms with Gasteiger partial charge in [0.25, 0.3) is 5.91 Å². The number of hydrogen-bond donors (Lipinski definition) is 1. The molecule has 0 aromatic heterocycles. The van der Waals surface area contributed by atoms with Gasteiger partial charge in [-0.3, -0.25) is 9.59 Å². The van der Waals surface area contributed by atoms with Gasteiger partial charge in [-0.2, -0.15) is 0 Å². The normalized spacial score (nSPS) is 10.4. The third kappa shape index (κ3) is 6.24. The Hall–Kier alpha value is -2.33. The lowest BCUT2D eigenvalue weighted by Gasteiger charge is -2.17. The minimum absolute atomic E-state index is 0.0707. The van der Waals surface area contributed by atoms with Crippen LogP contribution in [0.4, 0.5) is 0 Å². The number of hydrogen-bond acceptors (Lipinski definition) is 2. The average Bonchev–Trinajstić information content (AvgIpc) is 2.60. The predicted molar refractivity (Wildman–Crippen MR) is 101 cm³/mol. The van der Waals surface area contributed by atoms with Crippen LogP contribution >= 0.6 is 11.6 Å². The Labute approximate surface area is 153 Å². The van der Waals surface area contributed by atoms with E-state index in [0.29, 0.717) is 36.5 Å². The van der Waals surface area contributed by atoms with Crippen LogP contribution in [-0.4, -0.2) is 30.3 Å². The maximum atomic E-state index is 12.2. The van der Waals surface area contributed by atoms with Crippen molar-refractivity contribution in [1.82, 2.24) is 10.2 Å². The van der Waals surface area contributed by atoms with Gasteiger partial charge in [0, 0.05) is 37.1 Å². The first-order chi connectivity index (χ1) is 12.0. The highest BCUT2D eigenvalue weighted by Gasteiger charge is 2.10. The first-order valence-corrected chi connectivity index (χ1v) is 8.67. The highest BCUT2D eigenvalue weighted by atomic mass is 35.5. The molecule has 5 heteroatoms. The van der Waals surface area contributed by atoms with Crippen molar-refractivity contribution in [2.75, 3.05) is 13.6 Å². The largest absolute Gasteiger partial charge is 0.352 e. The zero-order valence-corrected chi connectivity index (χ0v) is 15.3. The molecule has 0 heterocycles. The molecule has 0 radical (unpaired) electrons. The van der Waals surface area contributed by atoms with Gasteiger partial charge >= 0.3 is 0 Å². The molecule has 0 aliphatic rings. The second-order valence-electron chi connectivity index (χ2n) is 6.10. The van der Waals surface area contributed by atoms with Crippen LogP contribution in [0.25, 0.3) is 0 Å². The van der Waals surface area contributed by atoms with Gasteiger partial charge in [0.2, 0.25) is 5.91 Å². The van der Waals surface area contributed by atoms with Crippen molar-refractivity contribution in [3.8, 4) is 0 Å². The molecule has 0 aliphatic carbocycles. The summed E-state index contributed by atoms with van der Waals surface area (Å²) in [5.41, 5.74) is 2.87. The highest BCUT2D eigenvalue weighted by Crippen LogP contribution is 2.10. The third-order valence-electron chi connectivity index (χ3n) is 3.93. The summed E-state index contributed by atoms with van der Waals surface area (Å²) >= 11 is 5.80. The fourth-order valence-corrected chi connectivity index (χ4v) is 2.52. The van der Waals surface area contributed by atoms with Crippen molar-refractivity contribution in [3.63, 3.8) is 0 Å². The van der Waals surface area contributed by atoms with E-state index in [1.54, 1.807) is 36.2 Å². The first kappa shape index (κ1) is 19.0. The Morgan fingerprint density at radius 1 is 1.04 bits per heavy atom. The summed E-state index contributed by atoms with van der Waals surface area (Å²) in [6.07, 6.45) is 1.01. The van der Waals surface area contributed by atoms with Crippen LogP contribution in [-0.2, 0) is 11.3 Å². The van der Waals surface area contributed by atoms with Gasteiger partial charge < -0.3 is 10.2 Å². The van der Waals surface area contributed by atoms with Crippen LogP contribution in [0.1, 0.15) is 34.3 Å². The third-order valence-corrected chi connectivity index (χ3v) is 4.18. The lowest BCUT2D eigenvalue weighted by molar-refractivity contribution is -0.130. The predicted octanol–water partition coefficient (Wildman–Crippen LogP) is 3.82. The summed E-state index contributed by atoms with van der Waals surface area (Å²) in [6, 6.07) is 14.9. The molecule has 0 saturated heterocycles. The van der Waals surface area contributed by atoms with Crippen LogP contribution in [0.15, 0.2) is 48.5 Å². The molecule has 0 bridgehead atoms. The SMILES string of the molecule is Cc1ccc(CN(C)C(=O)CCCNC(=O)c2ccc(Cl)cc2)cc1. The number of carbonyl (C=O) groups excluding carboxylic acids is 2. The minimum atomic E-state index is -0.155. The van der Waals surface area contributed by atoms with E-state index in [-0.39, 0.29) is 11.8 Å². The van der Waals surface area contributed by atoms with Crippen molar-refractivity contribution >= 4 is 23.4 Å². The average molecular weight is 359 g/mol. The molecule has 0 aliphatic heterocycles. The monoisotopic (exact) mass is 358 g/mol. The Kier molecular flexibility index (Phi) is 7.02. The van der Waals surface area contributed by atoms with Crippen molar-refractivity contribution < 1.29 is 9.59 Å². The summed E-state index contributed by atoms with van der Waals surface area (Å²) in [7, 11) is 1.80. The Morgan fingerprint density at radius 2 is 1.68 bits per heavy atom. The van der Waals surface area contributed by atoms with Crippen molar-refractivity contribution in [2.45, 2.75) is 26.3 Å². The molecule has 0 spiro atoms. The van der Waals surface area contributed by atoms with E-state index >= 15 is 0 Å². The Morgan fingerprint density at radius 3 is 2.32 bits per heavy atom. The molecule has 2 rings (SSSR count). The highest BCUT2D eigenvalue weighted by molar-refractivity contribution is 6.30. The van der Waals surface area contributed by atoms with Crippen LogP contribution in [0.3, 0.4) is 0 Å². The van der Waals surface area contributed by atoms with Gasteiger partial charge in [-0.15, -0.1) is 0 Å². The molecule has 0 atom stereocenters. The van der Waals surface area contributed by atoms with Crippen molar-refractivity contribution in [1.29, 1.82) is 0 Å². The number of carbonyl (C=O) groups is 2. The molecule has 0 unspecified atom stereocenters. The molecule has 4 nitrogen and oxygen atoms in total. The fourth-order valence-electron chi connectivity index (χ4n) is 2.39. The number of nitrogens with one attached hydrogen (secondary N) is 1. The zero-order valence-electron chi connectivity index (χ0n) is 14.6. The molecular weight excluding hydrogens is 336 g/mol. The topological polar surface area (TPSA) is 49.4 Å². The van der Waals surface area contributed by atoms with E-state index in [2.05, 4.69) is 5.32 Å². The van der Waals surface area contributed by atoms with Gasteiger partial charge in [0.15, 0.2) is 0 Å². The fraction of sp³-hybridized carbons (Fsp3) is 0.300. The quantitative estimate of drug-likeness (QED) is 0.765. The van der Waals surface area contributed by atoms with Crippen LogP contribution in [0.5, 0.6) is 0 Å². The van der Waals surface area contributed by atoms with Crippen LogP contribution < -0.4 is 5.32 Å². The van der Waals surface area contributed by atoms with Crippen LogP contribution in [0, 0.1) is 6.92 Å². The molecule has 0 saturated carbocycles. The molecule has 132 valence electrons. The summed E-state index contributed by atoms with van der Waals surface area (Å²) < 4.78 is 0. The van der Waals surface area contributed by atoms with Gasteiger partial charge in [-0.1, -0.05) is 41.4 Å². The second-order valence-corrected chi connectivity index (χ2v) is 6.54. The number of halogens is 1. The van der Waals surface area contributed by atoms with E-state index in [1.807, 2.05) is 31.2 Å². The first-order valence-electron chi connectivity index (χ1n) is 8.29. The Bertz CT molecular complexity index is 711. The van der Waals surface area contributed by atoms with Crippen molar-refractivity contribution in [2.24, 2.45) is 0 Å². The van der Waals surface area contributed by atoms with Gasteiger partial charge in [-0.05, 0) is 43.2 Å². The maximum Gasteiger partial charge on any atom is 0.251 e. The summed E-state index contributed by atoms with van der Waals surface area (Å²) in [5, 5.41) is 3.41. The summed E-state index contributed by atoms with van der Waals surface area (Å²) in [4.78, 5) is 25.8. The molecule has 2 aromatic rings. The number of benzene rings is 2. The molecule has 2 amide bonds. The van der Waals surface area contributed by atoms with E-state index in [0.717, 1.165) is 5.56 Å². The number of nitrogens with zero attached hydrogens (tertiary/aromatic N) is 1. The lowest BCUT2D eigenvalue weighted by atomic mass is 10.1. The number of aryl methyl sites for hydroxylation is 1. The molecule has 2 aromatic carbocycles. The summed E-state index contributed by atoms with van der Waals surface area (Å²) in [6.45, 7) is 3.10. The van der Waals surface area contributed by atoms with Gasteiger partial charge in [0.1, 0.15) is 0 Å². The standard InChI is InChI=1S/C20H23ClN2O2/c1-15-5-7-16(8-6-15)14-23(2)19(24)4-3-13-22-20(25)17-9-11-18(21)12-10-17/h5-12H,3-4,13-14H2,1-2H3,(H,22,25). The number of amides is 2. The smallest absolute Gasteiger partial charge is 0.251 e. The van der Waals surface area contributed by atoms with Crippen LogP contribution in [0.2, 0.25) is 5.02 Å². The molecule has 0 fully saturated rings. The van der Waals surface area contributed by atoms with E-state index in [9.17, 15) is 9.59 Å². The molecule has 1 N–H and O–H groups in total. The lowest BCUT2D eigenvalue weighted by Crippen LogP contribution is -2.28. The van der Waals surface area contributed by atoms with E-state index < -0.39 is 0 Å². The Balaban J connectivity index is 1.69. The van der Waals surface area contributed by atoms with Gasteiger partial charge in [-0.25, -0.2) is 0 Å². The van der Waals surface area contributed by atoms with E-state index in [4.69, 9.17) is 11.6 Å². The van der Waals surface area contributed by atoms with Gasteiger partial charge in [0.05, 0.1) is 0 Å². The maximum absolute atomic E-state index is 12.2. The second kappa shape index (κ2) is 9.23. The molecule has 25 heavy (non-hydrogen) atoms.